The lowest BCUT2D eigenvalue weighted by Gasteiger charge is -2.08. The molecule has 1 aromatic carbocycles. The second-order valence-electron chi connectivity index (χ2n) is 4.27. The van der Waals surface area contributed by atoms with E-state index in [1.165, 1.54) is 5.56 Å². The second-order valence-corrected chi connectivity index (χ2v) is 4.27. The summed E-state index contributed by atoms with van der Waals surface area (Å²) in [7, 11) is 1.73. The molecule has 16 heavy (non-hydrogen) atoms. The van der Waals surface area contributed by atoms with E-state index in [1.807, 2.05) is 12.1 Å². The van der Waals surface area contributed by atoms with E-state index in [9.17, 15) is 0 Å². The van der Waals surface area contributed by atoms with Gasteiger partial charge in [-0.15, -0.1) is 0 Å². The molecule has 0 fully saturated rings. The average molecular weight is 222 g/mol. The van der Waals surface area contributed by atoms with Crippen LogP contribution in [0.2, 0.25) is 0 Å². The van der Waals surface area contributed by atoms with Gasteiger partial charge in [-0.3, -0.25) is 0 Å². The Bertz CT molecular complexity index is 277. The minimum Gasteiger partial charge on any atom is -0.494 e. The molecule has 0 aliphatic heterocycles. The van der Waals surface area contributed by atoms with Crippen LogP contribution in [-0.2, 0) is 4.74 Å². The molecule has 1 rings (SSSR count). The van der Waals surface area contributed by atoms with Gasteiger partial charge < -0.3 is 9.47 Å². The summed E-state index contributed by atoms with van der Waals surface area (Å²) in [6.07, 6.45) is 2.10. The van der Waals surface area contributed by atoms with Gasteiger partial charge in [0.25, 0.3) is 0 Å². The highest BCUT2D eigenvalue weighted by Gasteiger charge is 1.99. The van der Waals surface area contributed by atoms with E-state index in [4.69, 9.17) is 9.47 Å². The Hall–Kier alpha value is -1.02. The van der Waals surface area contributed by atoms with Crippen molar-refractivity contribution >= 4 is 0 Å². The Morgan fingerprint density at radius 3 is 2.19 bits per heavy atom. The molecule has 0 N–H and O–H groups in total. The highest BCUT2D eigenvalue weighted by Crippen LogP contribution is 2.18. The van der Waals surface area contributed by atoms with E-state index < -0.39 is 0 Å². The number of unbranched alkanes of at least 4 members (excludes halogenated alkanes) is 1. The third-order valence-corrected chi connectivity index (χ3v) is 2.56. The van der Waals surface area contributed by atoms with Gasteiger partial charge in [0.1, 0.15) is 5.75 Å². The van der Waals surface area contributed by atoms with Crippen molar-refractivity contribution in [2.45, 2.75) is 32.6 Å². The number of ether oxygens (including phenoxy) is 2. The highest BCUT2D eigenvalue weighted by atomic mass is 16.5. The molecule has 0 aliphatic rings. The minimum atomic E-state index is 0.579. The van der Waals surface area contributed by atoms with E-state index in [1.54, 1.807) is 7.11 Å². The van der Waals surface area contributed by atoms with Gasteiger partial charge in [-0.2, -0.15) is 0 Å². The van der Waals surface area contributed by atoms with Gasteiger partial charge in [-0.25, -0.2) is 0 Å². The van der Waals surface area contributed by atoms with Crippen LogP contribution in [0.25, 0.3) is 0 Å². The fraction of sp³-hybridized carbons (Fsp3) is 0.571. The van der Waals surface area contributed by atoms with Crippen molar-refractivity contribution in [3.05, 3.63) is 29.8 Å². The lowest BCUT2D eigenvalue weighted by atomic mass is 10.0. The highest BCUT2D eigenvalue weighted by molar-refractivity contribution is 5.28. The van der Waals surface area contributed by atoms with Crippen LogP contribution in [0.3, 0.4) is 0 Å². The molecule has 1 aromatic rings. The molecular weight excluding hydrogens is 200 g/mol. The topological polar surface area (TPSA) is 18.5 Å². The lowest BCUT2D eigenvalue weighted by molar-refractivity contribution is 0.184. The normalized spacial score (nSPS) is 10.8. The molecule has 0 heterocycles. The maximum absolute atomic E-state index is 5.63. The molecule has 90 valence electrons. The van der Waals surface area contributed by atoms with Crippen molar-refractivity contribution in [3.8, 4) is 5.75 Å². The summed E-state index contributed by atoms with van der Waals surface area (Å²) in [6, 6.07) is 8.36. The Labute approximate surface area is 98.6 Å². The Morgan fingerprint density at radius 1 is 1.00 bits per heavy atom. The summed E-state index contributed by atoms with van der Waals surface area (Å²) in [5, 5.41) is 0. The predicted octanol–water partition coefficient (Wildman–Crippen LogP) is 3.62. The third-order valence-electron chi connectivity index (χ3n) is 2.56. The van der Waals surface area contributed by atoms with E-state index in [-0.39, 0.29) is 0 Å². The molecule has 0 unspecified atom stereocenters. The van der Waals surface area contributed by atoms with Crippen molar-refractivity contribution in [3.63, 3.8) is 0 Å². The predicted molar refractivity (Wildman–Crippen MR) is 67.1 cm³/mol. The zero-order chi connectivity index (χ0) is 11.8. The summed E-state index contributed by atoms with van der Waals surface area (Å²) < 4.78 is 10.6. The monoisotopic (exact) mass is 222 g/mol. The smallest absolute Gasteiger partial charge is 0.119 e. The quantitative estimate of drug-likeness (QED) is 0.656. The van der Waals surface area contributed by atoms with Crippen LogP contribution in [0.5, 0.6) is 5.75 Å². The van der Waals surface area contributed by atoms with Crippen molar-refractivity contribution in [2.75, 3.05) is 20.3 Å². The molecule has 0 bridgehead atoms. The molecular formula is C14H22O2. The maximum Gasteiger partial charge on any atom is 0.119 e. The van der Waals surface area contributed by atoms with Gasteiger partial charge in [0.2, 0.25) is 0 Å². The summed E-state index contributed by atoms with van der Waals surface area (Å²) in [5.74, 6) is 1.54. The van der Waals surface area contributed by atoms with Crippen LogP contribution >= 0.6 is 0 Å². The molecule has 0 aromatic heterocycles. The fourth-order valence-electron chi connectivity index (χ4n) is 1.49. The standard InChI is InChI=1S/C14H22O2/c1-12(2)13-6-8-14(9-7-13)16-11-5-4-10-15-3/h6-9,12H,4-5,10-11H2,1-3H3. The largest absolute Gasteiger partial charge is 0.494 e. The first-order valence-corrected chi connectivity index (χ1v) is 5.95. The van der Waals surface area contributed by atoms with E-state index in [0.29, 0.717) is 5.92 Å². The summed E-state index contributed by atoms with van der Waals surface area (Å²) in [4.78, 5) is 0. The van der Waals surface area contributed by atoms with Crippen LogP contribution in [-0.4, -0.2) is 20.3 Å². The van der Waals surface area contributed by atoms with Gasteiger partial charge in [0, 0.05) is 13.7 Å². The van der Waals surface area contributed by atoms with E-state index in [2.05, 4.69) is 26.0 Å². The van der Waals surface area contributed by atoms with Crippen LogP contribution < -0.4 is 4.74 Å². The molecule has 0 amide bonds. The zero-order valence-corrected chi connectivity index (χ0v) is 10.5. The zero-order valence-electron chi connectivity index (χ0n) is 10.5. The van der Waals surface area contributed by atoms with Crippen molar-refractivity contribution in [2.24, 2.45) is 0 Å². The first-order chi connectivity index (χ1) is 7.74. The van der Waals surface area contributed by atoms with E-state index in [0.717, 1.165) is 31.8 Å². The van der Waals surface area contributed by atoms with Crippen molar-refractivity contribution < 1.29 is 9.47 Å². The van der Waals surface area contributed by atoms with Crippen LogP contribution in [0, 0.1) is 0 Å². The first kappa shape index (κ1) is 13.0. The summed E-state index contributed by atoms with van der Waals surface area (Å²) >= 11 is 0. The van der Waals surface area contributed by atoms with Gasteiger partial charge in [0.15, 0.2) is 0 Å². The number of hydrogen-bond acceptors (Lipinski definition) is 2. The van der Waals surface area contributed by atoms with Gasteiger partial charge in [-0.05, 0) is 36.5 Å². The summed E-state index contributed by atoms with van der Waals surface area (Å²) in [5.41, 5.74) is 1.35. The number of benzene rings is 1. The average Bonchev–Trinajstić information content (AvgIpc) is 2.29. The van der Waals surface area contributed by atoms with Crippen molar-refractivity contribution in [1.29, 1.82) is 0 Å². The molecule has 0 saturated heterocycles. The molecule has 0 saturated carbocycles. The lowest BCUT2D eigenvalue weighted by Crippen LogP contribution is -1.99. The molecule has 2 heteroatoms. The molecule has 0 atom stereocenters. The Kier molecular flexibility index (Phi) is 5.94. The van der Waals surface area contributed by atoms with Crippen LogP contribution in [0.4, 0.5) is 0 Å². The van der Waals surface area contributed by atoms with Crippen LogP contribution in [0.15, 0.2) is 24.3 Å². The first-order valence-electron chi connectivity index (χ1n) is 5.95. The van der Waals surface area contributed by atoms with Gasteiger partial charge >= 0.3 is 0 Å². The number of methoxy groups -OCH3 is 1. The SMILES string of the molecule is COCCCCOc1ccc(C(C)C)cc1. The molecule has 0 aliphatic carbocycles. The summed E-state index contributed by atoms with van der Waals surface area (Å²) in [6.45, 7) is 5.97. The fourth-order valence-corrected chi connectivity index (χ4v) is 1.49. The number of rotatable bonds is 7. The second kappa shape index (κ2) is 7.29. The van der Waals surface area contributed by atoms with Crippen LogP contribution in [0.1, 0.15) is 38.2 Å². The number of hydrogen-bond donors (Lipinski definition) is 0. The van der Waals surface area contributed by atoms with Gasteiger partial charge in [-0.1, -0.05) is 26.0 Å². The Balaban J connectivity index is 2.27. The van der Waals surface area contributed by atoms with Crippen molar-refractivity contribution in [1.82, 2.24) is 0 Å². The van der Waals surface area contributed by atoms with Gasteiger partial charge in [0.05, 0.1) is 6.61 Å². The molecule has 2 nitrogen and oxygen atoms in total. The minimum absolute atomic E-state index is 0.579. The molecule has 0 radical (unpaired) electrons. The van der Waals surface area contributed by atoms with E-state index >= 15 is 0 Å². The molecule has 0 spiro atoms. The maximum atomic E-state index is 5.63. The third kappa shape index (κ3) is 4.67. The Morgan fingerprint density at radius 2 is 1.62 bits per heavy atom.